The monoisotopic (exact) mass is 172 g/mol. The molecule has 0 aliphatic carbocycles. The number of halogens is 2. The number of carbonyl (C=O) groups excluding carboxylic acids is 1. The van der Waals surface area contributed by atoms with Crippen molar-refractivity contribution in [2.75, 3.05) is 0 Å². The lowest BCUT2D eigenvalue weighted by atomic mass is 10.6. The maximum atomic E-state index is 9.95. The van der Waals surface area contributed by atoms with Gasteiger partial charge in [-0.1, -0.05) is 0 Å². The number of rotatable bonds is 2. The van der Waals surface area contributed by atoms with Gasteiger partial charge in [0, 0.05) is 0 Å². The molecule has 0 unspecified atom stereocenters. The highest BCUT2D eigenvalue weighted by atomic mass is 35.5. The van der Waals surface area contributed by atoms with E-state index in [9.17, 15) is 4.79 Å². The van der Waals surface area contributed by atoms with Crippen LogP contribution in [0.4, 0.5) is 4.79 Å². The minimum atomic E-state index is -1.30. The minimum absolute atomic E-state index is 0.867. The average molecular weight is 173 g/mol. The Morgan fingerprint density at radius 1 is 1.67 bits per heavy atom. The highest BCUT2D eigenvalue weighted by Gasteiger charge is 2.13. The summed E-state index contributed by atoms with van der Waals surface area (Å²) in [6.45, 7) is 0. The quantitative estimate of drug-likeness (QED) is 0.398. The number of nitrogens with one attached hydrogen (secondary N) is 1. The zero-order valence-electron chi connectivity index (χ0n) is 4.34. The van der Waals surface area contributed by atoms with Crippen molar-refractivity contribution in [1.82, 2.24) is 5.32 Å². The summed E-state index contributed by atoms with van der Waals surface area (Å²) >= 11 is 10.2. The summed E-state index contributed by atoms with van der Waals surface area (Å²) in [5.41, 5.74) is 4.60. The second-order valence-electron chi connectivity index (χ2n) is 1.29. The topological polar surface area (TPSA) is 75.4 Å². The van der Waals surface area contributed by atoms with Crippen molar-refractivity contribution >= 4 is 29.2 Å². The van der Waals surface area contributed by atoms with Crippen LogP contribution in [0.15, 0.2) is 0 Å². The highest BCUT2D eigenvalue weighted by molar-refractivity contribution is 6.44. The largest absolute Gasteiger partial charge is 0.371 e. The standard InChI is InChI=1S/C3H6Cl2N2O2/c4-1(5)2(8)7-3(6)9/h1-2,8H,(H3,6,7,9)/t2-/m0/s1. The predicted molar refractivity (Wildman–Crippen MR) is 34.2 cm³/mol. The van der Waals surface area contributed by atoms with Crippen LogP contribution in [0, 0.1) is 0 Å². The Kier molecular flexibility index (Phi) is 3.68. The van der Waals surface area contributed by atoms with Crippen molar-refractivity contribution in [2.24, 2.45) is 5.73 Å². The Labute approximate surface area is 61.9 Å². The number of hydrogen-bond donors (Lipinski definition) is 3. The van der Waals surface area contributed by atoms with Crippen molar-refractivity contribution in [1.29, 1.82) is 0 Å². The van der Waals surface area contributed by atoms with Crippen LogP contribution in [0.3, 0.4) is 0 Å². The fourth-order valence-corrected chi connectivity index (χ4v) is 0.335. The molecule has 0 rings (SSSR count). The molecule has 0 aromatic rings. The summed E-state index contributed by atoms with van der Waals surface area (Å²) in [5.74, 6) is 0. The molecule has 0 aromatic heterocycles. The van der Waals surface area contributed by atoms with E-state index in [1.54, 1.807) is 0 Å². The molecule has 0 saturated heterocycles. The van der Waals surface area contributed by atoms with Gasteiger partial charge in [-0.25, -0.2) is 4.79 Å². The van der Waals surface area contributed by atoms with E-state index in [0.717, 1.165) is 0 Å². The highest BCUT2D eigenvalue weighted by Crippen LogP contribution is 2.04. The molecule has 0 heterocycles. The SMILES string of the molecule is NC(=O)N[C@@H](O)C(Cl)Cl. The lowest BCUT2D eigenvalue weighted by molar-refractivity contribution is 0.155. The fraction of sp³-hybridized carbons (Fsp3) is 0.667. The van der Waals surface area contributed by atoms with Gasteiger partial charge >= 0.3 is 6.03 Å². The minimum Gasteiger partial charge on any atom is -0.371 e. The second kappa shape index (κ2) is 3.76. The van der Waals surface area contributed by atoms with Crippen LogP contribution < -0.4 is 11.1 Å². The Morgan fingerprint density at radius 2 is 2.11 bits per heavy atom. The molecule has 0 aliphatic rings. The van der Waals surface area contributed by atoms with Crippen LogP contribution in [-0.2, 0) is 0 Å². The molecule has 54 valence electrons. The zero-order chi connectivity index (χ0) is 7.44. The first-order valence-corrected chi connectivity index (χ1v) is 2.93. The first-order valence-electron chi connectivity index (χ1n) is 2.06. The van der Waals surface area contributed by atoms with Crippen LogP contribution in [-0.4, -0.2) is 22.2 Å². The third-order valence-corrected chi connectivity index (χ3v) is 1.01. The van der Waals surface area contributed by atoms with Crippen molar-refractivity contribution < 1.29 is 9.90 Å². The van der Waals surface area contributed by atoms with Crippen LogP contribution in [0.1, 0.15) is 0 Å². The van der Waals surface area contributed by atoms with E-state index in [-0.39, 0.29) is 0 Å². The number of amides is 2. The van der Waals surface area contributed by atoms with Crippen LogP contribution in [0.5, 0.6) is 0 Å². The summed E-state index contributed by atoms with van der Waals surface area (Å²) in [6, 6.07) is -0.867. The molecule has 4 nitrogen and oxygen atoms in total. The van der Waals surface area contributed by atoms with Crippen molar-refractivity contribution in [3.05, 3.63) is 0 Å². The molecule has 0 saturated carbocycles. The van der Waals surface area contributed by atoms with Crippen molar-refractivity contribution in [3.8, 4) is 0 Å². The Hall–Kier alpha value is -0.190. The number of aliphatic hydroxyl groups is 1. The summed E-state index contributed by atoms with van der Waals surface area (Å²) in [5, 5.41) is 10.5. The molecule has 0 spiro atoms. The van der Waals surface area contributed by atoms with E-state index in [0.29, 0.717) is 0 Å². The number of nitrogens with two attached hydrogens (primary N) is 1. The third kappa shape index (κ3) is 4.32. The zero-order valence-corrected chi connectivity index (χ0v) is 5.86. The molecular formula is C3H6Cl2N2O2. The third-order valence-electron chi connectivity index (χ3n) is 0.529. The van der Waals surface area contributed by atoms with Gasteiger partial charge in [0.05, 0.1) is 0 Å². The van der Waals surface area contributed by atoms with Crippen molar-refractivity contribution in [3.63, 3.8) is 0 Å². The van der Waals surface area contributed by atoms with Gasteiger partial charge in [0.15, 0.2) is 11.1 Å². The van der Waals surface area contributed by atoms with Crippen molar-refractivity contribution in [2.45, 2.75) is 11.1 Å². The molecule has 0 bridgehead atoms. The fourth-order valence-electron chi connectivity index (χ4n) is 0.209. The normalized spacial score (nSPS) is 13.3. The van der Waals surface area contributed by atoms with Gasteiger partial charge in [0.25, 0.3) is 0 Å². The molecule has 0 radical (unpaired) electrons. The maximum absolute atomic E-state index is 9.95. The molecule has 0 fully saturated rings. The van der Waals surface area contributed by atoms with Gasteiger partial charge in [0.2, 0.25) is 0 Å². The average Bonchev–Trinajstić information content (AvgIpc) is 1.63. The van der Waals surface area contributed by atoms with E-state index < -0.39 is 17.1 Å². The molecule has 6 heteroatoms. The molecule has 2 amide bonds. The van der Waals surface area contributed by atoms with Gasteiger partial charge in [0.1, 0.15) is 0 Å². The Balaban J connectivity index is 3.50. The van der Waals surface area contributed by atoms with E-state index in [1.807, 2.05) is 5.32 Å². The first-order chi connectivity index (χ1) is 4.04. The van der Waals surface area contributed by atoms with Gasteiger partial charge in [-0.3, -0.25) is 0 Å². The summed E-state index contributed by atoms with van der Waals surface area (Å²) in [4.78, 5) is 8.89. The number of carbonyl (C=O) groups is 1. The van der Waals surface area contributed by atoms with Crippen LogP contribution in [0.2, 0.25) is 0 Å². The molecular weight excluding hydrogens is 167 g/mol. The predicted octanol–water partition coefficient (Wildman–Crippen LogP) is -0.223. The summed E-state index contributed by atoms with van der Waals surface area (Å²) in [7, 11) is 0. The molecule has 0 aromatic carbocycles. The lowest BCUT2D eigenvalue weighted by Crippen LogP contribution is -2.42. The summed E-state index contributed by atoms with van der Waals surface area (Å²) < 4.78 is 0. The van der Waals surface area contributed by atoms with Gasteiger partial charge < -0.3 is 16.2 Å². The number of urea groups is 1. The van der Waals surface area contributed by atoms with Gasteiger partial charge in [-0.05, 0) is 0 Å². The number of alkyl halides is 2. The smallest absolute Gasteiger partial charge is 0.314 e. The van der Waals surface area contributed by atoms with Gasteiger partial charge in [-0.15, -0.1) is 23.2 Å². The number of primary amides is 1. The number of aliphatic hydroxyl groups excluding tert-OH is 1. The van der Waals surface area contributed by atoms with E-state index in [4.69, 9.17) is 28.3 Å². The Morgan fingerprint density at radius 3 is 2.22 bits per heavy atom. The number of hydrogen-bond acceptors (Lipinski definition) is 2. The van der Waals surface area contributed by atoms with E-state index in [1.165, 1.54) is 0 Å². The Bertz CT molecular complexity index is 108. The molecule has 4 N–H and O–H groups in total. The molecule has 9 heavy (non-hydrogen) atoms. The first kappa shape index (κ1) is 8.81. The lowest BCUT2D eigenvalue weighted by Gasteiger charge is -2.09. The second-order valence-corrected chi connectivity index (χ2v) is 2.45. The van der Waals surface area contributed by atoms with E-state index >= 15 is 0 Å². The van der Waals surface area contributed by atoms with E-state index in [2.05, 4.69) is 5.73 Å². The van der Waals surface area contributed by atoms with Crippen LogP contribution in [0.25, 0.3) is 0 Å². The van der Waals surface area contributed by atoms with Crippen LogP contribution >= 0.6 is 23.2 Å². The summed E-state index contributed by atoms with van der Waals surface area (Å²) in [6.07, 6.45) is -1.30. The molecule has 0 aliphatic heterocycles. The maximum Gasteiger partial charge on any atom is 0.314 e. The van der Waals surface area contributed by atoms with Gasteiger partial charge in [-0.2, -0.15) is 0 Å². The molecule has 1 atom stereocenters.